The first-order valence-corrected chi connectivity index (χ1v) is 6.60. The highest BCUT2D eigenvalue weighted by molar-refractivity contribution is 6.32. The van der Waals surface area contributed by atoms with E-state index in [0.717, 1.165) is 18.7 Å². The highest BCUT2D eigenvalue weighted by atomic mass is 35.5. The van der Waals surface area contributed by atoms with Gasteiger partial charge in [-0.1, -0.05) is 17.7 Å². The second-order valence-corrected chi connectivity index (χ2v) is 5.84. The van der Waals surface area contributed by atoms with Crippen molar-refractivity contribution in [3.63, 3.8) is 0 Å². The van der Waals surface area contributed by atoms with Crippen molar-refractivity contribution in [1.29, 1.82) is 0 Å². The van der Waals surface area contributed by atoms with Crippen LogP contribution in [0.2, 0.25) is 5.02 Å². The van der Waals surface area contributed by atoms with E-state index in [0.29, 0.717) is 10.9 Å². The topological polar surface area (TPSA) is 52.8 Å². The van der Waals surface area contributed by atoms with Gasteiger partial charge in [0.1, 0.15) is 6.33 Å². The molecule has 2 heterocycles. The average molecular weight is 279 g/mol. The van der Waals surface area contributed by atoms with E-state index >= 15 is 0 Å². The predicted molar refractivity (Wildman–Crippen MR) is 71.6 cm³/mol. The molecule has 1 aliphatic heterocycles. The van der Waals surface area contributed by atoms with Gasteiger partial charge in [0.05, 0.1) is 22.9 Å². The largest absolute Gasteiger partial charge is 0.375 e. The zero-order valence-corrected chi connectivity index (χ0v) is 11.6. The fourth-order valence-electron chi connectivity index (χ4n) is 2.48. The third-order valence-corrected chi connectivity index (χ3v) is 3.77. The molecule has 5 nitrogen and oxygen atoms in total. The van der Waals surface area contributed by atoms with Crippen LogP contribution in [0.1, 0.15) is 31.7 Å². The normalized spacial score (nSPS) is 21.7. The van der Waals surface area contributed by atoms with E-state index in [1.807, 2.05) is 18.2 Å². The summed E-state index contributed by atoms with van der Waals surface area (Å²) in [5.41, 5.74) is 1.95. The highest BCUT2D eigenvalue weighted by Gasteiger charge is 2.33. The third kappa shape index (κ3) is 2.48. The molecular weight excluding hydrogens is 264 g/mol. The molecule has 0 radical (unpaired) electrons. The number of ether oxygens (including phenoxy) is 1. The Morgan fingerprint density at radius 2 is 2.26 bits per heavy atom. The predicted octanol–water partition coefficient (Wildman–Crippen LogP) is 2.60. The molecule has 1 saturated heterocycles. The van der Waals surface area contributed by atoms with Gasteiger partial charge in [-0.25, -0.2) is 0 Å². The monoisotopic (exact) mass is 278 g/mol. The van der Waals surface area contributed by atoms with Crippen molar-refractivity contribution < 1.29 is 4.74 Å². The van der Waals surface area contributed by atoms with Crippen LogP contribution in [0.5, 0.6) is 0 Å². The lowest BCUT2D eigenvalue weighted by molar-refractivity contribution is 0.0361. The second-order valence-electron chi connectivity index (χ2n) is 5.44. The fourth-order valence-corrected chi connectivity index (χ4v) is 2.69. The van der Waals surface area contributed by atoms with Gasteiger partial charge in [-0.2, -0.15) is 4.68 Å². The summed E-state index contributed by atoms with van der Waals surface area (Å²) in [4.78, 5) is 0. The van der Waals surface area contributed by atoms with E-state index in [2.05, 4.69) is 29.4 Å². The zero-order valence-electron chi connectivity index (χ0n) is 10.9. The number of hydrogen-bond donors (Lipinski definition) is 0. The molecule has 19 heavy (non-hydrogen) atoms. The van der Waals surface area contributed by atoms with Crippen molar-refractivity contribution >= 4 is 11.6 Å². The minimum absolute atomic E-state index is 0.0563. The number of nitrogens with zero attached hydrogens (tertiary/aromatic N) is 4. The van der Waals surface area contributed by atoms with Crippen LogP contribution in [0.25, 0.3) is 5.69 Å². The Kier molecular flexibility index (Phi) is 3.03. The van der Waals surface area contributed by atoms with Crippen molar-refractivity contribution in [1.82, 2.24) is 20.2 Å². The van der Waals surface area contributed by atoms with Gasteiger partial charge in [-0.05, 0) is 48.4 Å². The van der Waals surface area contributed by atoms with E-state index in [1.54, 1.807) is 11.0 Å². The molecular formula is C13H15ClN4O. The molecule has 3 rings (SSSR count). The molecule has 0 saturated carbocycles. The minimum atomic E-state index is -0.0563. The van der Waals surface area contributed by atoms with Crippen LogP contribution in [0.4, 0.5) is 0 Å². The third-order valence-electron chi connectivity index (χ3n) is 3.45. The van der Waals surface area contributed by atoms with E-state index in [4.69, 9.17) is 16.3 Å². The Labute approximate surface area is 116 Å². The molecule has 2 aromatic rings. The van der Waals surface area contributed by atoms with Gasteiger partial charge in [0.15, 0.2) is 0 Å². The summed E-state index contributed by atoms with van der Waals surface area (Å²) >= 11 is 6.20. The van der Waals surface area contributed by atoms with Crippen molar-refractivity contribution in [2.45, 2.75) is 31.8 Å². The molecule has 100 valence electrons. The first kappa shape index (κ1) is 12.6. The maximum atomic E-state index is 6.20. The lowest BCUT2D eigenvalue weighted by Gasteiger charge is -2.16. The van der Waals surface area contributed by atoms with E-state index in [9.17, 15) is 0 Å². The number of hydrogen-bond acceptors (Lipinski definition) is 4. The van der Waals surface area contributed by atoms with Gasteiger partial charge < -0.3 is 4.74 Å². The summed E-state index contributed by atoms with van der Waals surface area (Å²) in [6.07, 6.45) is 2.55. The first-order valence-electron chi connectivity index (χ1n) is 6.22. The van der Waals surface area contributed by atoms with Crippen molar-refractivity contribution in [3.8, 4) is 5.69 Å². The minimum Gasteiger partial charge on any atom is -0.375 e. The van der Waals surface area contributed by atoms with E-state index < -0.39 is 0 Å². The summed E-state index contributed by atoms with van der Waals surface area (Å²) in [6, 6.07) is 5.97. The van der Waals surface area contributed by atoms with E-state index in [-0.39, 0.29) is 5.60 Å². The molecule has 0 amide bonds. The molecule has 0 bridgehead atoms. The second kappa shape index (κ2) is 4.58. The lowest BCUT2D eigenvalue weighted by atomic mass is 9.91. The fraction of sp³-hybridized carbons (Fsp3) is 0.462. The SMILES string of the molecule is CC1(C)C[C@@H](c2ccc(Cl)c(-n3cnnn3)c2)CO1. The maximum Gasteiger partial charge on any atom is 0.143 e. The molecule has 0 N–H and O–H groups in total. The standard InChI is InChI=1S/C13H15ClN4O/c1-13(2)6-10(7-19-13)9-3-4-11(14)12(5-9)18-8-15-16-17-18/h3-5,8,10H,6-7H2,1-2H3/t10-/m1/s1. The van der Waals surface area contributed by atoms with Gasteiger partial charge in [-0.15, -0.1) is 5.10 Å². The number of benzene rings is 1. The van der Waals surface area contributed by atoms with Crippen LogP contribution in [-0.4, -0.2) is 32.4 Å². The van der Waals surface area contributed by atoms with Crippen LogP contribution >= 0.6 is 11.6 Å². The quantitative estimate of drug-likeness (QED) is 0.847. The average Bonchev–Trinajstić information content (AvgIpc) is 2.99. The van der Waals surface area contributed by atoms with Gasteiger partial charge in [0.2, 0.25) is 0 Å². The van der Waals surface area contributed by atoms with Gasteiger partial charge in [0.25, 0.3) is 0 Å². The highest BCUT2D eigenvalue weighted by Crippen LogP contribution is 2.37. The number of halogens is 1. The van der Waals surface area contributed by atoms with Crippen molar-refractivity contribution in [2.24, 2.45) is 0 Å². The summed E-state index contributed by atoms with van der Waals surface area (Å²) < 4.78 is 7.36. The number of rotatable bonds is 2. The molecule has 0 aliphatic carbocycles. The molecule has 1 atom stereocenters. The van der Waals surface area contributed by atoms with Crippen LogP contribution in [0.3, 0.4) is 0 Å². The van der Waals surface area contributed by atoms with E-state index in [1.165, 1.54) is 5.56 Å². The summed E-state index contributed by atoms with van der Waals surface area (Å²) in [5, 5.41) is 11.8. The Morgan fingerprint density at radius 1 is 1.42 bits per heavy atom. The maximum absolute atomic E-state index is 6.20. The molecule has 0 spiro atoms. The van der Waals surface area contributed by atoms with Crippen LogP contribution in [0.15, 0.2) is 24.5 Å². The van der Waals surface area contributed by atoms with Gasteiger partial charge >= 0.3 is 0 Å². The molecule has 1 aliphatic rings. The Morgan fingerprint density at radius 3 is 2.89 bits per heavy atom. The Bertz CT molecular complexity index is 582. The van der Waals surface area contributed by atoms with Crippen molar-refractivity contribution in [3.05, 3.63) is 35.1 Å². The lowest BCUT2D eigenvalue weighted by Crippen LogP contribution is -2.16. The molecule has 1 aromatic heterocycles. The van der Waals surface area contributed by atoms with Gasteiger partial charge in [0, 0.05) is 5.92 Å². The zero-order chi connectivity index (χ0) is 13.5. The smallest absolute Gasteiger partial charge is 0.143 e. The van der Waals surface area contributed by atoms with Gasteiger partial charge in [-0.3, -0.25) is 0 Å². The molecule has 1 fully saturated rings. The molecule has 1 aromatic carbocycles. The summed E-state index contributed by atoms with van der Waals surface area (Å²) in [6.45, 7) is 4.97. The van der Waals surface area contributed by atoms with Crippen LogP contribution in [0, 0.1) is 0 Å². The summed E-state index contributed by atoms with van der Waals surface area (Å²) in [5.74, 6) is 0.391. The first-order chi connectivity index (χ1) is 9.05. The molecule has 0 unspecified atom stereocenters. The van der Waals surface area contributed by atoms with Crippen molar-refractivity contribution in [2.75, 3.05) is 6.61 Å². The van der Waals surface area contributed by atoms with Crippen LogP contribution in [-0.2, 0) is 4.74 Å². The summed E-state index contributed by atoms with van der Waals surface area (Å²) in [7, 11) is 0. The Balaban J connectivity index is 1.94. The number of tetrazole rings is 1. The molecule has 6 heteroatoms. The number of aromatic nitrogens is 4. The van der Waals surface area contributed by atoms with Crippen LogP contribution < -0.4 is 0 Å². The Hall–Kier alpha value is -1.46.